The zero-order valence-electron chi connectivity index (χ0n) is 17.1. The van der Waals surface area contributed by atoms with Gasteiger partial charge in [-0.05, 0) is 31.5 Å². The summed E-state index contributed by atoms with van der Waals surface area (Å²) >= 11 is 0. The van der Waals surface area contributed by atoms with Crippen molar-refractivity contribution in [3.8, 4) is 11.6 Å². The van der Waals surface area contributed by atoms with E-state index in [2.05, 4.69) is 20.6 Å². The molecule has 168 valence electrons. The predicted molar refractivity (Wildman–Crippen MR) is 110 cm³/mol. The Morgan fingerprint density at radius 3 is 2.87 bits per heavy atom. The van der Waals surface area contributed by atoms with E-state index < -0.39 is 18.5 Å². The van der Waals surface area contributed by atoms with Crippen molar-refractivity contribution in [3.05, 3.63) is 54.0 Å². The van der Waals surface area contributed by atoms with Gasteiger partial charge in [0.05, 0.1) is 13.1 Å². The lowest BCUT2D eigenvalue weighted by atomic mass is 10.2. The van der Waals surface area contributed by atoms with Gasteiger partial charge >= 0.3 is 6.18 Å². The van der Waals surface area contributed by atoms with Crippen molar-refractivity contribution < 1.29 is 22.3 Å². The quantitative estimate of drug-likeness (QED) is 0.391. The van der Waals surface area contributed by atoms with E-state index in [1.165, 1.54) is 17.0 Å². The van der Waals surface area contributed by atoms with Gasteiger partial charge in [-0.2, -0.15) is 13.2 Å². The first-order valence-electron chi connectivity index (χ1n) is 10.0. The Kier molecular flexibility index (Phi) is 7.67. The van der Waals surface area contributed by atoms with Gasteiger partial charge in [0.25, 0.3) is 0 Å². The van der Waals surface area contributed by atoms with Crippen LogP contribution in [0.4, 0.5) is 17.6 Å². The molecule has 1 saturated heterocycles. The van der Waals surface area contributed by atoms with E-state index >= 15 is 0 Å². The van der Waals surface area contributed by atoms with Crippen LogP contribution < -0.4 is 15.4 Å². The fourth-order valence-corrected chi connectivity index (χ4v) is 3.30. The smallest absolute Gasteiger partial charge is 0.401 e. The molecule has 0 radical (unpaired) electrons. The molecule has 1 unspecified atom stereocenters. The third-order valence-corrected chi connectivity index (χ3v) is 4.63. The molecular formula is C21H25F4N5O. The van der Waals surface area contributed by atoms with Gasteiger partial charge in [-0.15, -0.1) is 0 Å². The molecule has 6 nitrogen and oxygen atoms in total. The van der Waals surface area contributed by atoms with E-state index in [1.807, 2.05) is 6.92 Å². The number of hydrogen-bond acceptors (Lipinski definition) is 4. The molecule has 1 aliphatic rings. The number of nitrogens with one attached hydrogen (secondary N) is 2. The third-order valence-electron chi connectivity index (χ3n) is 4.63. The van der Waals surface area contributed by atoms with E-state index in [-0.39, 0.29) is 12.6 Å². The maximum Gasteiger partial charge on any atom is 0.401 e. The summed E-state index contributed by atoms with van der Waals surface area (Å²) in [5.41, 5.74) is 0.689. The minimum Gasteiger partial charge on any atom is -0.439 e. The van der Waals surface area contributed by atoms with Crippen LogP contribution in [-0.4, -0.2) is 54.2 Å². The number of guanidine groups is 1. The van der Waals surface area contributed by atoms with Crippen molar-refractivity contribution in [1.29, 1.82) is 0 Å². The molecule has 1 atom stereocenters. The van der Waals surface area contributed by atoms with Gasteiger partial charge in [0, 0.05) is 43.5 Å². The van der Waals surface area contributed by atoms with Gasteiger partial charge in [-0.3, -0.25) is 4.90 Å². The second-order valence-corrected chi connectivity index (χ2v) is 7.20. The average molecular weight is 439 g/mol. The summed E-state index contributed by atoms with van der Waals surface area (Å²) in [7, 11) is 0. The number of benzene rings is 1. The van der Waals surface area contributed by atoms with Gasteiger partial charge in [0.15, 0.2) is 5.96 Å². The van der Waals surface area contributed by atoms with Crippen molar-refractivity contribution in [2.75, 3.05) is 26.2 Å². The lowest BCUT2D eigenvalue weighted by molar-refractivity contribution is -0.143. The van der Waals surface area contributed by atoms with E-state index in [9.17, 15) is 17.6 Å². The highest BCUT2D eigenvalue weighted by Gasteiger charge is 2.34. The summed E-state index contributed by atoms with van der Waals surface area (Å²) < 4.78 is 56.9. The molecule has 2 aromatic rings. The monoisotopic (exact) mass is 439 g/mol. The molecule has 0 amide bonds. The molecule has 0 saturated carbocycles. The number of aromatic nitrogens is 1. The summed E-state index contributed by atoms with van der Waals surface area (Å²) in [6.07, 6.45) is -2.04. The molecule has 31 heavy (non-hydrogen) atoms. The maximum atomic E-state index is 13.4. The van der Waals surface area contributed by atoms with Gasteiger partial charge < -0.3 is 15.4 Å². The Bertz CT molecular complexity index is 890. The lowest BCUT2D eigenvalue weighted by Crippen LogP contribution is -2.45. The first-order valence-corrected chi connectivity index (χ1v) is 10.0. The topological polar surface area (TPSA) is 61.8 Å². The maximum absolute atomic E-state index is 13.4. The van der Waals surface area contributed by atoms with Gasteiger partial charge in [-0.1, -0.05) is 12.1 Å². The normalized spacial score (nSPS) is 17.6. The van der Waals surface area contributed by atoms with E-state index in [0.29, 0.717) is 49.2 Å². The van der Waals surface area contributed by atoms with Crippen LogP contribution in [-0.2, 0) is 6.54 Å². The minimum atomic E-state index is -4.20. The summed E-state index contributed by atoms with van der Waals surface area (Å²) in [6.45, 7) is 2.51. The molecule has 2 heterocycles. The number of hydrogen-bond donors (Lipinski definition) is 2. The molecule has 1 aliphatic heterocycles. The van der Waals surface area contributed by atoms with Crippen LogP contribution >= 0.6 is 0 Å². The highest BCUT2D eigenvalue weighted by molar-refractivity contribution is 5.80. The summed E-state index contributed by atoms with van der Waals surface area (Å²) in [5, 5.41) is 6.31. The summed E-state index contributed by atoms with van der Waals surface area (Å²) in [4.78, 5) is 10.1. The lowest BCUT2D eigenvalue weighted by Gasteiger charge is -2.19. The Labute approximate surface area is 178 Å². The number of likely N-dealkylation sites (tertiary alicyclic amines) is 1. The highest BCUT2D eigenvalue weighted by atomic mass is 19.4. The van der Waals surface area contributed by atoms with Crippen molar-refractivity contribution in [2.45, 2.75) is 32.1 Å². The molecule has 1 aromatic heterocycles. The van der Waals surface area contributed by atoms with Crippen LogP contribution in [0.1, 0.15) is 18.9 Å². The van der Waals surface area contributed by atoms with Gasteiger partial charge in [0.2, 0.25) is 5.88 Å². The summed E-state index contributed by atoms with van der Waals surface area (Å²) in [6, 6.07) is 9.18. The Balaban J connectivity index is 1.64. The first-order chi connectivity index (χ1) is 14.8. The van der Waals surface area contributed by atoms with Crippen LogP contribution in [0, 0.1) is 5.82 Å². The molecule has 0 bridgehead atoms. The Hall–Kier alpha value is -2.88. The molecule has 2 N–H and O–H groups in total. The Morgan fingerprint density at radius 1 is 1.29 bits per heavy atom. The van der Waals surface area contributed by atoms with E-state index in [4.69, 9.17) is 4.74 Å². The molecule has 0 aliphatic carbocycles. The van der Waals surface area contributed by atoms with Crippen LogP contribution in [0.3, 0.4) is 0 Å². The SMILES string of the molecule is CCNC(=NCc1cccnc1Oc1cccc(F)c1)NC1CCN(CC(F)(F)F)C1. The van der Waals surface area contributed by atoms with Gasteiger partial charge in [0.1, 0.15) is 11.6 Å². The van der Waals surface area contributed by atoms with E-state index in [1.54, 1.807) is 30.5 Å². The van der Waals surface area contributed by atoms with Crippen LogP contribution in [0.5, 0.6) is 11.6 Å². The van der Waals surface area contributed by atoms with Crippen LogP contribution in [0.25, 0.3) is 0 Å². The standard InChI is InChI=1S/C21H25F4N5O/c1-2-26-20(29-17-8-10-30(13-17)14-21(23,24)25)28-12-15-5-4-9-27-19(15)31-18-7-3-6-16(22)11-18/h3-7,9,11,17H,2,8,10,12-14H2,1H3,(H2,26,28,29). The first kappa shape index (κ1) is 22.8. The number of ether oxygens (including phenoxy) is 1. The second-order valence-electron chi connectivity index (χ2n) is 7.20. The number of nitrogens with zero attached hydrogens (tertiary/aromatic N) is 3. The number of pyridine rings is 1. The molecular weight excluding hydrogens is 414 g/mol. The van der Waals surface area contributed by atoms with Crippen molar-refractivity contribution >= 4 is 5.96 Å². The van der Waals surface area contributed by atoms with E-state index in [0.717, 1.165) is 0 Å². The number of alkyl halides is 3. The second kappa shape index (κ2) is 10.4. The van der Waals surface area contributed by atoms with Crippen molar-refractivity contribution in [3.63, 3.8) is 0 Å². The van der Waals surface area contributed by atoms with Crippen LogP contribution in [0.15, 0.2) is 47.6 Å². The molecule has 0 spiro atoms. The minimum absolute atomic E-state index is 0.128. The third kappa shape index (κ3) is 7.39. The predicted octanol–water partition coefficient (Wildman–Crippen LogP) is 3.70. The van der Waals surface area contributed by atoms with Crippen molar-refractivity contribution in [2.24, 2.45) is 4.99 Å². The summed E-state index contributed by atoms with van der Waals surface area (Å²) in [5.74, 6) is 0.722. The number of rotatable bonds is 7. The molecule has 1 aromatic carbocycles. The molecule has 3 rings (SSSR count). The largest absolute Gasteiger partial charge is 0.439 e. The molecule has 1 fully saturated rings. The zero-order chi connectivity index (χ0) is 22.3. The van der Waals surface area contributed by atoms with Gasteiger partial charge in [-0.25, -0.2) is 14.4 Å². The average Bonchev–Trinajstić information content (AvgIpc) is 3.12. The molecule has 10 heteroatoms. The number of halogens is 4. The fourth-order valence-electron chi connectivity index (χ4n) is 3.30. The number of aliphatic imine (C=N–C) groups is 1. The van der Waals surface area contributed by atoms with Crippen molar-refractivity contribution in [1.82, 2.24) is 20.5 Å². The van der Waals surface area contributed by atoms with Crippen LogP contribution in [0.2, 0.25) is 0 Å². The Morgan fingerprint density at radius 2 is 2.13 bits per heavy atom. The zero-order valence-corrected chi connectivity index (χ0v) is 17.1. The highest BCUT2D eigenvalue weighted by Crippen LogP contribution is 2.24. The fraction of sp³-hybridized carbons (Fsp3) is 0.429.